The molecule has 1 rings (SSSR count). The van der Waals surface area contributed by atoms with Crippen LogP contribution in [0, 0.1) is 0 Å². The summed E-state index contributed by atoms with van der Waals surface area (Å²) in [5, 5.41) is 0. The minimum Gasteiger partial charge on any atom is -0.472 e. The lowest BCUT2D eigenvalue weighted by Gasteiger charge is -2.30. The van der Waals surface area contributed by atoms with E-state index in [1.165, 1.54) is 12.4 Å². The first-order chi connectivity index (χ1) is 8.02. The smallest absolute Gasteiger partial charge is 0.310 e. The second-order valence-corrected chi connectivity index (χ2v) is 4.50. The van der Waals surface area contributed by atoms with Crippen LogP contribution < -0.4 is 10.3 Å². The summed E-state index contributed by atoms with van der Waals surface area (Å²) in [6, 6.07) is 0.918. The third-order valence-corrected chi connectivity index (χ3v) is 2.59. The van der Waals surface area contributed by atoms with Gasteiger partial charge in [-0.1, -0.05) is 0 Å². The van der Waals surface area contributed by atoms with Gasteiger partial charge in [0, 0.05) is 31.0 Å². The second kappa shape index (κ2) is 6.39. The molecule has 0 radical (unpaired) electrons. The minimum absolute atomic E-state index is 0.139. The van der Waals surface area contributed by atoms with Gasteiger partial charge in [-0.25, -0.2) is 4.98 Å². The van der Waals surface area contributed by atoms with Crippen molar-refractivity contribution in [3.05, 3.63) is 22.7 Å². The van der Waals surface area contributed by atoms with Crippen molar-refractivity contribution in [2.24, 2.45) is 0 Å². The van der Waals surface area contributed by atoms with Gasteiger partial charge in [-0.15, -0.1) is 0 Å². The van der Waals surface area contributed by atoms with Gasteiger partial charge >= 0.3 is 5.56 Å². The van der Waals surface area contributed by atoms with Crippen LogP contribution in [0.1, 0.15) is 27.7 Å². The number of nitrogens with zero attached hydrogens (tertiary/aromatic N) is 2. The fourth-order valence-electron chi connectivity index (χ4n) is 1.80. The van der Waals surface area contributed by atoms with Crippen LogP contribution in [0.5, 0.6) is 5.88 Å². The average Bonchev–Trinajstić information content (AvgIpc) is 2.25. The summed E-state index contributed by atoms with van der Waals surface area (Å²) in [6.07, 6.45) is 3.00. The zero-order chi connectivity index (χ0) is 12.8. The number of H-pyrrole nitrogens is 1. The van der Waals surface area contributed by atoms with E-state index >= 15 is 0 Å². The van der Waals surface area contributed by atoms with E-state index in [-0.39, 0.29) is 11.4 Å². The lowest BCUT2D eigenvalue weighted by molar-refractivity contribution is 0.139. The van der Waals surface area contributed by atoms with E-state index in [4.69, 9.17) is 4.74 Å². The van der Waals surface area contributed by atoms with E-state index in [0.717, 1.165) is 6.54 Å². The Bertz CT molecular complexity index is 379. The molecular formula is C12H21N3O2. The molecule has 0 fully saturated rings. The third-order valence-electron chi connectivity index (χ3n) is 2.59. The molecular weight excluding hydrogens is 218 g/mol. The molecule has 1 heterocycles. The lowest BCUT2D eigenvalue weighted by Crippen LogP contribution is -2.40. The fourth-order valence-corrected chi connectivity index (χ4v) is 1.80. The number of aromatic amines is 1. The normalized spacial score (nSPS) is 11.5. The molecule has 0 saturated carbocycles. The summed E-state index contributed by atoms with van der Waals surface area (Å²) in [5.74, 6) is 0.139. The van der Waals surface area contributed by atoms with Crippen molar-refractivity contribution in [1.82, 2.24) is 14.9 Å². The molecule has 96 valence electrons. The highest BCUT2D eigenvalue weighted by Crippen LogP contribution is 2.04. The molecule has 0 unspecified atom stereocenters. The van der Waals surface area contributed by atoms with Gasteiger partial charge < -0.3 is 9.72 Å². The highest BCUT2D eigenvalue weighted by atomic mass is 16.5. The molecule has 1 aromatic heterocycles. The van der Waals surface area contributed by atoms with Gasteiger partial charge in [0.25, 0.3) is 5.88 Å². The summed E-state index contributed by atoms with van der Waals surface area (Å²) < 4.78 is 5.37. The summed E-state index contributed by atoms with van der Waals surface area (Å²) in [7, 11) is 0. The first-order valence-electron chi connectivity index (χ1n) is 5.94. The van der Waals surface area contributed by atoms with Crippen LogP contribution >= 0.6 is 0 Å². The van der Waals surface area contributed by atoms with Gasteiger partial charge in [-0.2, -0.15) is 0 Å². The van der Waals surface area contributed by atoms with Gasteiger partial charge in [0.05, 0.1) is 0 Å². The van der Waals surface area contributed by atoms with Gasteiger partial charge in [0.1, 0.15) is 6.61 Å². The van der Waals surface area contributed by atoms with E-state index in [0.29, 0.717) is 18.7 Å². The highest BCUT2D eigenvalue weighted by Gasteiger charge is 2.13. The Labute approximate surface area is 102 Å². The van der Waals surface area contributed by atoms with E-state index in [1.54, 1.807) is 0 Å². The summed E-state index contributed by atoms with van der Waals surface area (Å²) in [5.41, 5.74) is -0.284. The highest BCUT2D eigenvalue weighted by molar-refractivity contribution is 5.02. The lowest BCUT2D eigenvalue weighted by atomic mass is 10.2. The summed E-state index contributed by atoms with van der Waals surface area (Å²) in [6.45, 7) is 9.84. The van der Waals surface area contributed by atoms with Crippen molar-refractivity contribution < 1.29 is 4.74 Å². The first kappa shape index (κ1) is 13.7. The molecule has 0 atom stereocenters. The van der Waals surface area contributed by atoms with Crippen LogP contribution in [0.15, 0.2) is 17.2 Å². The molecule has 0 aliphatic rings. The maximum Gasteiger partial charge on any atom is 0.310 e. The number of hydrogen-bond acceptors (Lipinski definition) is 4. The van der Waals surface area contributed by atoms with Crippen LogP contribution in [0.4, 0.5) is 0 Å². The average molecular weight is 239 g/mol. The summed E-state index contributed by atoms with van der Waals surface area (Å²) >= 11 is 0. The Kier molecular flexibility index (Phi) is 5.15. The maximum atomic E-state index is 11.3. The topological polar surface area (TPSA) is 58.2 Å². The predicted molar refractivity (Wildman–Crippen MR) is 67.3 cm³/mol. The minimum atomic E-state index is -0.284. The number of aromatic nitrogens is 2. The number of nitrogens with one attached hydrogen (secondary N) is 1. The van der Waals surface area contributed by atoms with Gasteiger partial charge in [0.15, 0.2) is 0 Å². The number of ether oxygens (including phenoxy) is 1. The van der Waals surface area contributed by atoms with E-state index < -0.39 is 0 Å². The van der Waals surface area contributed by atoms with Crippen molar-refractivity contribution in [1.29, 1.82) is 0 Å². The van der Waals surface area contributed by atoms with E-state index in [2.05, 4.69) is 42.6 Å². The van der Waals surface area contributed by atoms with Crippen molar-refractivity contribution in [2.45, 2.75) is 39.8 Å². The molecule has 0 aliphatic heterocycles. The van der Waals surface area contributed by atoms with Crippen molar-refractivity contribution in [3.63, 3.8) is 0 Å². The summed E-state index contributed by atoms with van der Waals surface area (Å²) in [4.78, 5) is 20.0. The Morgan fingerprint density at radius 1 is 1.35 bits per heavy atom. The maximum absolute atomic E-state index is 11.3. The number of hydrogen-bond donors (Lipinski definition) is 1. The quantitative estimate of drug-likeness (QED) is 0.812. The Morgan fingerprint density at radius 2 is 2.00 bits per heavy atom. The molecule has 5 nitrogen and oxygen atoms in total. The Morgan fingerprint density at radius 3 is 2.53 bits per heavy atom. The molecule has 17 heavy (non-hydrogen) atoms. The molecule has 5 heteroatoms. The monoisotopic (exact) mass is 239 g/mol. The van der Waals surface area contributed by atoms with E-state index in [9.17, 15) is 4.79 Å². The van der Waals surface area contributed by atoms with Crippen molar-refractivity contribution >= 4 is 0 Å². The van der Waals surface area contributed by atoms with Crippen molar-refractivity contribution in [2.75, 3.05) is 13.2 Å². The van der Waals surface area contributed by atoms with Gasteiger partial charge in [-0.05, 0) is 27.7 Å². The standard InChI is InChI=1S/C12H21N3O2/c1-9(2)15(10(3)4)7-8-17-12-11(16)13-5-6-14-12/h5-6,9-10H,7-8H2,1-4H3,(H,13,16). The zero-order valence-corrected chi connectivity index (χ0v) is 10.9. The third kappa shape index (κ3) is 4.19. The largest absolute Gasteiger partial charge is 0.472 e. The molecule has 1 N–H and O–H groups in total. The fraction of sp³-hybridized carbons (Fsp3) is 0.667. The molecule has 0 spiro atoms. The number of rotatable bonds is 6. The van der Waals surface area contributed by atoms with E-state index in [1.807, 2.05) is 0 Å². The van der Waals surface area contributed by atoms with Crippen LogP contribution in [0.2, 0.25) is 0 Å². The van der Waals surface area contributed by atoms with Crippen LogP contribution in [-0.2, 0) is 0 Å². The molecule has 0 aliphatic carbocycles. The molecule has 0 saturated heterocycles. The predicted octanol–water partition coefficient (Wildman–Crippen LogP) is 1.27. The van der Waals surface area contributed by atoms with Gasteiger partial charge in [0.2, 0.25) is 0 Å². The van der Waals surface area contributed by atoms with Crippen molar-refractivity contribution in [3.8, 4) is 5.88 Å². The zero-order valence-electron chi connectivity index (χ0n) is 10.9. The second-order valence-electron chi connectivity index (χ2n) is 4.50. The SMILES string of the molecule is CC(C)N(CCOc1ncc[nH]c1=O)C(C)C. The molecule has 0 amide bonds. The van der Waals surface area contributed by atoms with Crippen LogP contribution in [0.3, 0.4) is 0 Å². The Balaban J connectivity index is 2.47. The van der Waals surface area contributed by atoms with Crippen LogP contribution in [-0.4, -0.2) is 40.1 Å². The Hall–Kier alpha value is -1.36. The molecule has 0 bridgehead atoms. The van der Waals surface area contributed by atoms with Gasteiger partial charge in [-0.3, -0.25) is 9.69 Å². The first-order valence-corrected chi connectivity index (χ1v) is 5.94. The van der Waals surface area contributed by atoms with Crippen LogP contribution in [0.25, 0.3) is 0 Å². The molecule has 1 aromatic rings. The molecule has 0 aromatic carbocycles.